The quantitative estimate of drug-likeness (QED) is 0.767. The van der Waals surface area contributed by atoms with E-state index in [1.165, 1.54) is 0 Å². The smallest absolute Gasteiger partial charge is 0.228 e. The first-order valence-corrected chi connectivity index (χ1v) is 6.86. The van der Waals surface area contributed by atoms with Gasteiger partial charge in [0.25, 0.3) is 0 Å². The van der Waals surface area contributed by atoms with E-state index >= 15 is 0 Å². The molecule has 4 nitrogen and oxygen atoms in total. The zero-order chi connectivity index (χ0) is 14.1. The van der Waals surface area contributed by atoms with Crippen LogP contribution in [-0.2, 0) is 9.59 Å². The molecule has 0 spiro atoms. The van der Waals surface area contributed by atoms with Crippen LogP contribution in [0.15, 0.2) is 24.3 Å². The Hall–Kier alpha value is -2.28. The second-order valence-electron chi connectivity index (χ2n) is 5.24. The van der Waals surface area contributed by atoms with Crippen LogP contribution in [0.5, 0.6) is 0 Å². The summed E-state index contributed by atoms with van der Waals surface area (Å²) >= 11 is 0. The van der Waals surface area contributed by atoms with E-state index in [-0.39, 0.29) is 17.7 Å². The van der Waals surface area contributed by atoms with Crippen molar-refractivity contribution in [2.24, 2.45) is 5.92 Å². The predicted octanol–water partition coefficient (Wildman–Crippen LogP) is 1.80. The van der Waals surface area contributed by atoms with Gasteiger partial charge in [-0.1, -0.05) is 0 Å². The van der Waals surface area contributed by atoms with E-state index in [9.17, 15) is 9.59 Å². The summed E-state index contributed by atoms with van der Waals surface area (Å²) in [4.78, 5) is 27.1. The first-order valence-electron chi connectivity index (χ1n) is 6.86. The molecule has 102 valence electrons. The molecule has 0 radical (unpaired) electrons. The van der Waals surface area contributed by atoms with Crippen molar-refractivity contribution in [2.45, 2.75) is 19.3 Å². The molecule has 2 aliphatic heterocycles. The lowest BCUT2D eigenvalue weighted by Gasteiger charge is -2.19. The highest BCUT2D eigenvalue weighted by molar-refractivity contribution is 5.97. The number of amides is 2. The highest BCUT2D eigenvalue weighted by atomic mass is 16.2. The van der Waals surface area contributed by atoms with Gasteiger partial charge in [0.2, 0.25) is 11.8 Å². The summed E-state index contributed by atoms with van der Waals surface area (Å²) in [6.45, 7) is 1.36. The van der Waals surface area contributed by atoms with Crippen molar-refractivity contribution in [3.8, 4) is 12.3 Å². The molecular formula is C16H16N2O2. The fraction of sp³-hybridized carbons (Fsp3) is 0.375. The first kappa shape index (κ1) is 12.7. The Balaban J connectivity index is 1.78. The van der Waals surface area contributed by atoms with Crippen LogP contribution in [-0.4, -0.2) is 24.9 Å². The van der Waals surface area contributed by atoms with E-state index in [2.05, 4.69) is 5.92 Å². The molecule has 1 aromatic rings. The van der Waals surface area contributed by atoms with E-state index in [0.29, 0.717) is 19.4 Å². The number of rotatable bonds is 2. The number of anilines is 2. The zero-order valence-electron chi connectivity index (χ0n) is 11.2. The molecule has 0 N–H and O–H groups in total. The zero-order valence-corrected chi connectivity index (χ0v) is 11.2. The van der Waals surface area contributed by atoms with Crippen molar-refractivity contribution < 1.29 is 9.59 Å². The van der Waals surface area contributed by atoms with Gasteiger partial charge in [0, 0.05) is 43.2 Å². The number of benzene rings is 1. The summed E-state index contributed by atoms with van der Waals surface area (Å²) in [5, 5.41) is 0. The lowest BCUT2D eigenvalue weighted by Crippen LogP contribution is -2.25. The third kappa shape index (κ3) is 2.16. The van der Waals surface area contributed by atoms with Gasteiger partial charge in [0.05, 0.1) is 0 Å². The van der Waals surface area contributed by atoms with Crippen molar-refractivity contribution in [1.29, 1.82) is 0 Å². The minimum absolute atomic E-state index is 0.00216. The molecule has 2 fully saturated rings. The fourth-order valence-corrected chi connectivity index (χ4v) is 2.80. The summed E-state index contributed by atoms with van der Waals surface area (Å²) in [6, 6.07) is 7.57. The first-order chi connectivity index (χ1) is 9.69. The SMILES string of the molecule is C#CC1CC(=O)N(c2ccc(N3CCCC3=O)cc2)C1. The number of hydrogen-bond acceptors (Lipinski definition) is 2. The fourth-order valence-electron chi connectivity index (χ4n) is 2.80. The Bertz CT molecular complexity index is 585. The van der Waals surface area contributed by atoms with Gasteiger partial charge in [-0.2, -0.15) is 0 Å². The highest BCUT2D eigenvalue weighted by Crippen LogP contribution is 2.28. The van der Waals surface area contributed by atoms with Crippen molar-refractivity contribution in [3.05, 3.63) is 24.3 Å². The van der Waals surface area contributed by atoms with E-state index in [1.54, 1.807) is 9.80 Å². The van der Waals surface area contributed by atoms with E-state index in [1.807, 2.05) is 24.3 Å². The number of carbonyl (C=O) groups excluding carboxylic acids is 2. The molecule has 0 saturated carbocycles. The van der Waals surface area contributed by atoms with Crippen molar-refractivity contribution in [3.63, 3.8) is 0 Å². The van der Waals surface area contributed by atoms with E-state index in [4.69, 9.17) is 6.42 Å². The Morgan fingerprint density at radius 1 is 1.05 bits per heavy atom. The van der Waals surface area contributed by atoms with Crippen molar-refractivity contribution >= 4 is 23.2 Å². The third-order valence-corrected chi connectivity index (χ3v) is 3.91. The topological polar surface area (TPSA) is 40.6 Å². The molecule has 0 aromatic heterocycles. The molecule has 1 unspecified atom stereocenters. The number of nitrogens with zero attached hydrogens (tertiary/aromatic N) is 2. The monoisotopic (exact) mass is 268 g/mol. The highest BCUT2D eigenvalue weighted by Gasteiger charge is 2.29. The van der Waals surface area contributed by atoms with Crippen LogP contribution in [0.4, 0.5) is 11.4 Å². The third-order valence-electron chi connectivity index (χ3n) is 3.91. The summed E-state index contributed by atoms with van der Waals surface area (Å²) in [7, 11) is 0. The van der Waals surface area contributed by atoms with Crippen LogP contribution in [0, 0.1) is 18.3 Å². The molecule has 2 saturated heterocycles. The number of hydrogen-bond donors (Lipinski definition) is 0. The summed E-state index contributed by atoms with van der Waals surface area (Å²) < 4.78 is 0. The van der Waals surface area contributed by atoms with Gasteiger partial charge in [-0.05, 0) is 30.7 Å². The molecule has 1 aromatic carbocycles. The van der Waals surface area contributed by atoms with Crippen molar-refractivity contribution in [2.75, 3.05) is 22.9 Å². The molecule has 4 heteroatoms. The van der Waals surface area contributed by atoms with Crippen molar-refractivity contribution in [1.82, 2.24) is 0 Å². The largest absolute Gasteiger partial charge is 0.312 e. The molecule has 2 aliphatic rings. The minimum atomic E-state index is 0.00216. The Kier molecular flexibility index (Phi) is 3.19. The maximum Gasteiger partial charge on any atom is 0.228 e. The van der Waals surface area contributed by atoms with Gasteiger partial charge in [-0.3, -0.25) is 9.59 Å². The second kappa shape index (κ2) is 5.01. The minimum Gasteiger partial charge on any atom is -0.312 e. The maximum atomic E-state index is 11.9. The number of carbonyl (C=O) groups is 2. The molecule has 1 atom stereocenters. The lowest BCUT2D eigenvalue weighted by atomic mass is 10.1. The van der Waals surface area contributed by atoms with Crippen LogP contribution < -0.4 is 9.80 Å². The predicted molar refractivity (Wildman–Crippen MR) is 77.3 cm³/mol. The average molecular weight is 268 g/mol. The van der Waals surface area contributed by atoms with Crippen LogP contribution in [0.3, 0.4) is 0 Å². The van der Waals surface area contributed by atoms with Crippen LogP contribution >= 0.6 is 0 Å². The lowest BCUT2D eigenvalue weighted by molar-refractivity contribution is -0.118. The molecule has 0 aliphatic carbocycles. The second-order valence-corrected chi connectivity index (χ2v) is 5.24. The average Bonchev–Trinajstić information content (AvgIpc) is 3.05. The summed E-state index contributed by atoms with van der Waals surface area (Å²) in [6.07, 6.45) is 7.34. The standard InChI is InChI=1S/C16H16N2O2/c1-2-12-10-16(20)18(11-12)14-7-5-13(6-8-14)17-9-3-4-15(17)19/h1,5-8,12H,3-4,9-11H2. The van der Waals surface area contributed by atoms with Gasteiger partial charge in [0.1, 0.15) is 0 Å². The molecule has 2 heterocycles. The Morgan fingerprint density at radius 2 is 1.70 bits per heavy atom. The van der Waals surface area contributed by atoms with Gasteiger partial charge in [-0.15, -0.1) is 12.3 Å². The van der Waals surface area contributed by atoms with Gasteiger partial charge < -0.3 is 9.80 Å². The molecule has 3 rings (SSSR count). The molecule has 2 amide bonds. The summed E-state index contributed by atoms with van der Waals surface area (Å²) in [5.74, 6) is 2.88. The van der Waals surface area contributed by atoms with Crippen LogP contribution in [0.2, 0.25) is 0 Å². The van der Waals surface area contributed by atoms with Crippen LogP contribution in [0.25, 0.3) is 0 Å². The number of terminal acetylenes is 1. The van der Waals surface area contributed by atoms with Gasteiger partial charge in [-0.25, -0.2) is 0 Å². The van der Waals surface area contributed by atoms with Gasteiger partial charge in [0.15, 0.2) is 0 Å². The van der Waals surface area contributed by atoms with Crippen LogP contribution in [0.1, 0.15) is 19.3 Å². The Labute approximate surface area is 118 Å². The molecule has 20 heavy (non-hydrogen) atoms. The Morgan fingerprint density at radius 3 is 2.20 bits per heavy atom. The van der Waals surface area contributed by atoms with E-state index < -0.39 is 0 Å². The van der Waals surface area contributed by atoms with E-state index in [0.717, 1.165) is 24.3 Å². The van der Waals surface area contributed by atoms with Gasteiger partial charge >= 0.3 is 0 Å². The normalized spacial score (nSPS) is 22.4. The summed E-state index contributed by atoms with van der Waals surface area (Å²) in [5.41, 5.74) is 1.75. The maximum absolute atomic E-state index is 11.9. The molecule has 0 bridgehead atoms. The molecular weight excluding hydrogens is 252 g/mol.